The third kappa shape index (κ3) is 2.37. The van der Waals surface area contributed by atoms with Crippen molar-refractivity contribution in [3.8, 4) is 0 Å². The van der Waals surface area contributed by atoms with Crippen molar-refractivity contribution in [2.24, 2.45) is 29.6 Å². The summed E-state index contributed by atoms with van der Waals surface area (Å²) in [7, 11) is 0. The molecule has 5 aliphatic rings. The summed E-state index contributed by atoms with van der Waals surface area (Å²) in [5.74, 6) is 0.553. The van der Waals surface area contributed by atoms with Crippen LogP contribution in [-0.4, -0.2) is 22.5 Å². The van der Waals surface area contributed by atoms with Gasteiger partial charge in [0.1, 0.15) is 0 Å². The molecule has 4 fully saturated rings. The molecule has 2 atom stereocenters. The zero-order chi connectivity index (χ0) is 15.3. The van der Waals surface area contributed by atoms with Gasteiger partial charge in [-0.05, 0) is 69.1 Å². The molecule has 4 heteroatoms. The van der Waals surface area contributed by atoms with Crippen LogP contribution in [-0.2, 0) is 9.59 Å². The molecule has 4 nitrogen and oxygen atoms in total. The van der Waals surface area contributed by atoms with Crippen LogP contribution < -0.4 is 5.32 Å². The molecule has 22 heavy (non-hydrogen) atoms. The Kier molecular flexibility index (Phi) is 3.31. The van der Waals surface area contributed by atoms with Gasteiger partial charge in [-0.3, -0.25) is 9.59 Å². The summed E-state index contributed by atoms with van der Waals surface area (Å²) in [5, 5.41) is 12.7. The number of hydrogen-bond acceptors (Lipinski definition) is 2. The first kappa shape index (κ1) is 14.3. The number of amides is 1. The van der Waals surface area contributed by atoms with Gasteiger partial charge in [0.15, 0.2) is 0 Å². The number of carboxylic acid groups (broad SMARTS) is 1. The first-order valence-corrected chi connectivity index (χ1v) is 8.74. The summed E-state index contributed by atoms with van der Waals surface area (Å²) in [4.78, 5) is 24.2. The number of hydrogen-bond donors (Lipinski definition) is 2. The van der Waals surface area contributed by atoms with Gasteiger partial charge < -0.3 is 10.4 Å². The van der Waals surface area contributed by atoms with E-state index in [2.05, 4.69) is 5.32 Å². The summed E-state index contributed by atoms with van der Waals surface area (Å²) >= 11 is 0. The number of allylic oxidation sites excluding steroid dienone is 2. The first-order valence-electron chi connectivity index (χ1n) is 8.74. The lowest BCUT2D eigenvalue weighted by Gasteiger charge is -2.57. The van der Waals surface area contributed by atoms with Crippen LogP contribution in [0.4, 0.5) is 0 Å². The van der Waals surface area contributed by atoms with Crippen molar-refractivity contribution in [3.63, 3.8) is 0 Å². The number of carbonyl (C=O) groups is 2. The molecule has 5 rings (SSSR count). The molecule has 0 unspecified atom stereocenters. The van der Waals surface area contributed by atoms with E-state index in [1.165, 1.54) is 19.3 Å². The molecular weight excluding hydrogens is 278 g/mol. The second kappa shape index (κ2) is 5.10. The maximum Gasteiger partial charge on any atom is 0.307 e. The largest absolute Gasteiger partial charge is 0.481 e. The molecule has 5 aliphatic carbocycles. The van der Waals surface area contributed by atoms with Gasteiger partial charge in [0, 0.05) is 5.54 Å². The lowest BCUT2D eigenvalue weighted by atomic mass is 9.53. The maximum atomic E-state index is 12.8. The van der Waals surface area contributed by atoms with Crippen LogP contribution in [0, 0.1) is 29.6 Å². The highest BCUT2D eigenvalue weighted by Crippen LogP contribution is 2.55. The fraction of sp³-hybridized carbons (Fsp3) is 0.778. The van der Waals surface area contributed by atoms with E-state index in [0.717, 1.165) is 37.0 Å². The van der Waals surface area contributed by atoms with Crippen molar-refractivity contribution in [1.29, 1.82) is 0 Å². The highest BCUT2D eigenvalue weighted by molar-refractivity contribution is 5.85. The molecule has 0 spiro atoms. The van der Waals surface area contributed by atoms with Gasteiger partial charge in [-0.25, -0.2) is 0 Å². The van der Waals surface area contributed by atoms with E-state index in [1.54, 1.807) is 0 Å². The third-order valence-electron chi connectivity index (χ3n) is 6.51. The predicted octanol–water partition coefficient (Wildman–Crippen LogP) is 2.74. The smallest absolute Gasteiger partial charge is 0.307 e. The molecule has 0 saturated heterocycles. The highest BCUT2D eigenvalue weighted by atomic mass is 16.4. The zero-order valence-corrected chi connectivity index (χ0v) is 13.0. The summed E-state index contributed by atoms with van der Waals surface area (Å²) < 4.78 is 0. The minimum Gasteiger partial charge on any atom is -0.481 e. The van der Waals surface area contributed by atoms with Crippen LogP contribution in [0.3, 0.4) is 0 Å². The fourth-order valence-electron chi connectivity index (χ4n) is 5.99. The quantitative estimate of drug-likeness (QED) is 0.788. The predicted molar refractivity (Wildman–Crippen MR) is 82.0 cm³/mol. The van der Waals surface area contributed by atoms with Crippen molar-refractivity contribution in [1.82, 2.24) is 5.32 Å². The lowest BCUT2D eigenvalue weighted by molar-refractivity contribution is -0.148. The molecule has 2 N–H and O–H groups in total. The highest BCUT2D eigenvalue weighted by Gasteiger charge is 2.52. The van der Waals surface area contributed by atoms with Crippen LogP contribution in [0.2, 0.25) is 0 Å². The van der Waals surface area contributed by atoms with E-state index in [4.69, 9.17) is 0 Å². The van der Waals surface area contributed by atoms with E-state index >= 15 is 0 Å². The number of rotatable bonds is 3. The van der Waals surface area contributed by atoms with Gasteiger partial charge in [-0.15, -0.1) is 0 Å². The standard InChI is InChI=1S/C18H25NO3/c20-16(14-3-1-2-4-15(14)17(21)22)19-18-8-11-5-12(9-18)7-13(6-11)10-18/h1-2,11-15H,3-10H2,(H,19,20)(H,21,22)/t11?,12?,13?,14-,15-,18?/m1/s1. The Balaban J connectivity index is 1.49. The van der Waals surface area contributed by atoms with E-state index in [9.17, 15) is 14.7 Å². The van der Waals surface area contributed by atoms with Crippen LogP contribution in [0.15, 0.2) is 12.2 Å². The minimum atomic E-state index is -0.838. The number of carboxylic acids is 1. The molecule has 0 aromatic heterocycles. The zero-order valence-electron chi connectivity index (χ0n) is 13.0. The Morgan fingerprint density at radius 2 is 1.41 bits per heavy atom. The molecule has 4 saturated carbocycles. The minimum absolute atomic E-state index is 0.0151. The van der Waals surface area contributed by atoms with Crippen molar-refractivity contribution in [2.45, 2.75) is 56.9 Å². The Morgan fingerprint density at radius 1 is 0.909 bits per heavy atom. The van der Waals surface area contributed by atoms with Crippen LogP contribution >= 0.6 is 0 Å². The SMILES string of the molecule is O=C(O)[C@@H]1CC=CC[C@H]1C(=O)NC12CC3CC(CC(C3)C1)C2. The molecule has 120 valence electrons. The van der Waals surface area contributed by atoms with Crippen molar-refractivity contribution >= 4 is 11.9 Å². The fourth-order valence-corrected chi connectivity index (χ4v) is 5.99. The molecule has 0 aromatic carbocycles. The Bertz CT molecular complexity index is 489. The van der Waals surface area contributed by atoms with Gasteiger partial charge >= 0.3 is 5.97 Å². The van der Waals surface area contributed by atoms with Crippen molar-refractivity contribution in [3.05, 3.63) is 12.2 Å². The first-order chi connectivity index (χ1) is 10.5. The second-order valence-corrected chi connectivity index (χ2v) is 8.18. The maximum absolute atomic E-state index is 12.8. The van der Waals surface area contributed by atoms with Gasteiger partial charge in [0.2, 0.25) is 5.91 Å². The third-order valence-corrected chi connectivity index (χ3v) is 6.51. The Morgan fingerprint density at radius 3 is 1.91 bits per heavy atom. The molecule has 0 radical (unpaired) electrons. The molecular formula is C18H25NO3. The van der Waals surface area contributed by atoms with Gasteiger partial charge in [0.25, 0.3) is 0 Å². The molecule has 4 bridgehead atoms. The molecule has 1 amide bonds. The average molecular weight is 303 g/mol. The second-order valence-electron chi connectivity index (χ2n) is 8.18. The van der Waals surface area contributed by atoms with E-state index in [1.807, 2.05) is 12.2 Å². The van der Waals surface area contributed by atoms with E-state index in [0.29, 0.717) is 12.8 Å². The van der Waals surface area contributed by atoms with Gasteiger partial charge in [-0.1, -0.05) is 12.2 Å². The van der Waals surface area contributed by atoms with Crippen LogP contribution in [0.1, 0.15) is 51.4 Å². The average Bonchev–Trinajstić information content (AvgIpc) is 2.45. The summed E-state index contributed by atoms with van der Waals surface area (Å²) in [5.41, 5.74) is -0.0178. The van der Waals surface area contributed by atoms with Crippen LogP contribution in [0.5, 0.6) is 0 Å². The van der Waals surface area contributed by atoms with E-state index in [-0.39, 0.29) is 11.4 Å². The molecule has 0 heterocycles. The van der Waals surface area contributed by atoms with Gasteiger partial charge in [0.05, 0.1) is 11.8 Å². The summed E-state index contributed by atoms with van der Waals surface area (Å²) in [6.45, 7) is 0. The lowest BCUT2D eigenvalue weighted by Crippen LogP contribution is -2.61. The summed E-state index contributed by atoms with van der Waals surface area (Å²) in [6, 6.07) is 0. The van der Waals surface area contributed by atoms with Crippen molar-refractivity contribution < 1.29 is 14.7 Å². The molecule has 0 aromatic rings. The number of aliphatic carboxylic acids is 1. The van der Waals surface area contributed by atoms with Crippen molar-refractivity contribution in [2.75, 3.05) is 0 Å². The Hall–Kier alpha value is -1.32. The topological polar surface area (TPSA) is 66.4 Å². The monoisotopic (exact) mass is 303 g/mol. The van der Waals surface area contributed by atoms with Crippen LogP contribution in [0.25, 0.3) is 0 Å². The summed E-state index contributed by atoms with van der Waals surface area (Å²) in [6.07, 6.45) is 12.3. The van der Waals surface area contributed by atoms with E-state index < -0.39 is 17.8 Å². The Labute approximate surface area is 131 Å². The van der Waals surface area contributed by atoms with Gasteiger partial charge in [-0.2, -0.15) is 0 Å². The normalized spacial score (nSPS) is 45.7. The number of nitrogens with one attached hydrogen (secondary N) is 1. The number of carbonyl (C=O) groups excluding carboxylic acids is 1. The molecule has 0 aliphatic heterocycles.